The molecule has 0 unspecified atom stereocenters. The van der Waals surface area contributed by atoms with Crippen molar-refractivity contribution >= 4 is 21.8 Å². The number of nitrogens with zero attached hydrogens (tertiary/aromatic N) is 2. The lowest BCUT2D eigenvalue weighted by atomic mass is 10.2. The van der Waals surface area contributed by atoms with E-state index in [-0.39, 0.29) is 5.91 Å². The average molecular weight is 362 g/mol. The van der Waals surface area contributed by atoms with Crippen molar-refractivity contribution in [1.82, 2.24) is 14.8 Å². The van der Waals surface area contributed by atoms with Gasteiger partial charge >= 0.3 is 0 Å². The molecule has 1 aromatic heterocycles. The van der Waals surface area contributed by atoms with Crippen LogP contribution in [-0.4, -0.2) is 41.6 Å². The Bertz CT molecular complexity index is 685. The van der Waals surface area contributed by atoms with Crippen molar-refractivity contribution in [3.05, 3.63) is 51.8 Å². The maximum Gasteiger partial charge on any atom is 0.255 e. The molecule has 22 heavy (non-hydrogen) atoms. The van der Waals surface area contributed by atoms with E-state index in [1.807, 2.05) is 36.9 Å². The number of piperazine rings is 1. The highest BCUT2D eigenvalue weighted by Gasteiger charge is 2.22. The van der Waals surface area contributed by atoms with Crippen molar-refractivity contribution in [2.24, 2.45) is 0 Å². The van der Waals surface area contributed by atoms with Crippen molar-refractivity contribution in [2.45, 2.75) is 13.8 Å². The predicted octanol–water partition coefficient (Wildman–Crippen LogP) is 2.90. The number of amides is 1. The molecule has 1 aromatic carbocycles. The zero-order valence-electron chi connectivity index (χ0n) is 12.9. The molecule has 4 nitrogen and oxygen atoms in total. The number of nitrogens with one attached hydrogen (secondary N) is 1. The minimum atomic E-state index is 0.137. The molecule has 0 aliphatic carbocycles. The van der Waals surface area contributed by atoms with E-state index >= 15 is 0 Å². The first-order valence-corrected chi connectivity index (χ1v) is 8.32. The first kappa shape index (κ1) is 15.3. The lowest BCUT2D eigenvalue weighted by Crippen LogP contribution is -2.46. The molecule has 3 rings (SSSR count). The standard InChI is InChI=1S/C17H20BrN3O/c1-12-11-16(17(22)20-9-7-19-8-10-20)13(2)21(12)15-5-3-14(18)4-6-15/h3-6,11,19H,7-10H2,1-2H3. The van der Waals surface area contributed by atoms with Crippen molar-refractivity contribution in [3.63, 3.8) is 0 Å². The van der Waals surface area contributed by atoms with Gasteiger partial charge in [-0.05, 0) is 44.2 Å². The fourth-order valence-corrected chi connectivity index (χ4v) is 3.27. The maximum atomic E-state index is 12.7. The molecule has 5 heteroatoms. The first-order valence-electron chi connectivity index (χ1n) is 7.53. The Kier molecular flexibility index (Phi) is 4.36. The number of carbonyl (C=O) groups excluding carboxylic acids is 1. The van der Waals surface area contributed by atoms with Gasteiger partial charge in [0.05, 0.1) is 5.56 Å². The molecule has 1 aliphatic rings. The Morgan fingerprint density at radius 1 is 1.14 bits per heavy atom. The number of carbonyl (C=O) groups is 1. The van der Waals surface area contributed by atoms with Gasteiger partial charge in [0.1, 0.15) is 0 Å². The van der Waals surface area contributed by atoms with Crippen molar-refractivity contribution in [3.8, 4) is 5.69 Å². The van der Waals surface area contributed by atoms with Crippen LogP contribution in [-0.2, 0) is 0 Å². The number of aromatic nitrogens is 1. The van der Waals surface area contributed by atoms with E-state index in [1.54, 1.807) is 0 Å². The molecule has 116 valence electrons. The number of rotatable bonds is 2. The molecule has 1 N–H and O–H groups in total. The summed E-state index contributed by atoms with van der Waals surface area (Å²) in [7, 11) is 0. The fourth-order valence-electron chi connectivity index (χ4n) is 3.01. The number of aryl methyl sites for hydroxylation is 1. The second-order valence-electron chi connectivity index (χ2n) is 5.64. The van der Waals surface area contributed by atoms with Crippen LogP contribution >= 0.6 is 15.9 Å². The van der Waals surface area contributed by atoms with E-state index in [2.05, 4.69) is 37.9 Å². The summed E-state index contributed by atoms with van der Waals surface area (Å²) < 4.78 is 3.19. The van der Waals surface area contributed by atoms with Crippen LogP contribution in [0.2, 0.25) is 0 Å². The predicted molar refractivity (Wildman–Crippen MR) is 91.7 cm³/mol. The van der Waals surface area contributed by atoms with Crippen molar-refractivity contribution in [2.75, 3.05) is 26.2 Å². The zero-order valence-corrected chi connectivity index (χ0v) is 14.5. The molecular formula is C17H20BrN3O. The molecule has 1 fully saturated rings. The van der Waals surface area contributed by atoms with E-state index in [4.69, 9.17) is 0 Å². The molecule has 0 bridgehead atoms. The highest BCUT2D eigenvalue weighted by atomic mass is 79.9. The van der Waals surface area contributed by atoms with Crippen LogP contribution in [0, 0.1) is 13.8 Å². The molecule has 1 aliphatic heterocycles. The van der Waals surface area contributed by atoms with Crippen LogP contribution in [0.5, 0.6) is 0 Å². The van der Waals surface area contributed by atoms with Crippen molar-refractivity contribution < 1.29 is 4.79 Å². The van der Waals surface area contributed by atoms with E-state index in [0.717, 1.165) is 53.3 Å². The smallest absolute Gasteiger partial charge is 0.255 e. The van der Waals surface area contributed by atoms with Gasteiger partial charge in [0.25, 0.3) is 5.91 Å². The quantitative estimate of drug-likeness (QED) is 0.892. The summed E-state index contributed by atoms with van der Waals surface area (Å²) in [6, 6.07) is 10.2. The summed E-state index contributed by atoms with van der Waals surface area (Å²) in [5.41, 5.74) is 3.97. The third-order valence-electron chi connectivity index (χ3n) is 4.15. The van der Waals surface area contributed by atoms with E-state index < -0.39 is 0 Å². The minimum Gasteiger partial charge on any atom is -0.336 e. The molecule has 1 amide bonds. The highest BCUT2D eigenvalue weighted by Crippen LogP contribution is 2.23. The first-order chi connectivity index (χ1) is 10.6. The van der Waals surface area contributed by atoms with Crippen LogP contribution in [0.25, 0.3) is 5.69 Å². The normalized spacial score (nSPS) is 15.1. The van der Waals surface area contributed by atoms with Gasteiger partial charge in [-0.2, -0.15) is 0 Å². The number of benzene rings is 1. The van der Waals surface area contributed by atoms with Gasteiger partial charge in [-0.25, -0.2) is 0 Å². The lowest BCUT2D eigenvalue weighted by molar-refractivity contribution is 0.0735. The van der Waals surface area contributed by atoms with Gasteiger partial charge in [-0.1, -0.05) is 15.9 Å². The Morgan fingerprint density at radius 3 is 2.41 bits per heavy atom. The number of halogens is 1. The summed E-state index contributed by atoms with van der Waals surface area (Å²) in [5.74, 6) is 0.137. The highest BCUT2D eigenvalue weighted by molar-refractivity contribution is 9.10. The largest absolute Gasteiger partial charge is 0.336 e. The third kappa shape index (κ3) is 2.83. The van der Waals surface area contributed by atoms with Crippen LogP contribution in [0.1, 0.15) is 21.7 Å². The summed E-state index contributed by atoms with van der Waals surface area (Å²) in [6.45, 7) is 7.37. The Labute approximate surface area is 139 Å². The second kappa shape index (κ2) is 6.26. The third-order valence-corrected chi connectivity index (χ3v) is 4.68. The molecule has 1 saturated heterocycles. The molecule has 0 spiro atoms. The summed E-state index contributed by atoms with van der Waals surface area (Å²) >= 11 is 3.46. The minimum absolute atomic E-state index is 0.137. The maximum absolute atomic E-state index is 12.7. The van der Waals surface area contributed by atoms with Crippen LogP contribution in [0.15, 0.2) is 34.8 Å². The van der Waals surface area contributed by atoms with Gasteiger partial charge in [0, 0.05) is 47.7 Å². The summed E-state index contributed by atoms with van der Waals surface area (Å²) in [6.07, 6.45) is 0. The second-order valence-corrected chi connectivity index (χ2v) is 6.55. The van der Waals surface area contributed by atoms with Gasteiger partial charge in [0.15, 0.2) is 0 Å². The summed E-state index contributed by atoms with van der Waals surface area (Å²) in [4.78, 5) is 14.7. The summed E-state index contributed by atoms with van der Waals surface area (Å²) in [5, 5.41) is 3.28. The van der Waals surface area contributed by atoms with Crippen LogP contribution in [0.3, 0.4) is 0 Å². The number of hydrogen-bond donors (Lipinski definition) is 1. The molecule has 2 heterocycles. The molecule has 2 aromatic rings. The van der Waals surface area contributed by atoms with Gasteiger partial charge in [0.2, 0.25) is 0 Å². The number of hydrogen-bond acceptors (Lipinski definition) is 2. The average Bonchev–Trinajstić information content (AvgIpc) is 2.83. The van der Waals surface area contributed by atoms with Crippen LogP contribution in [0.4, 0.5) is 0 Å². The Hall–Kier alpha value is -1.59. The van der Waals surface area contributed by atoms with E-state index in [1.165, 1.54) is 0 Å². The van der Waals surface area contributed by atoms with Gasteiger partial charge in [-0.3, -0.25) is 4.79 Å². The topological polar surface area (TPSA) is 37.3 Å². The zero-order chi connectivity index (χ0) is 15.7. The molecular weight excluding hydrogens is 342 g/mol. The molecule has 0 saturated carbocycles. The van der Waals surface area contributed by atoms with Crippen molar-refractivity contribution in [1.29, 1.82) is 0 Å². The SMILES string of the molecule is Cc1cc(C(=O)N2CCNCC2)c(C)n1-c1ccc(Br)cc1. The van der Waals surface area contributed by atoms with Gasteiger partial charge in [-0.15, -0.1) is 0 Å². The van der Waals surface area contributed by atoms with Gasteiger partial charge < -0.3 is 14.8 Å². The molecule has 0 radical (unpaired) electrons. The van der Waals surface area contributed by atoms with Crippen LogP contribution < -0.4 is 5.32 Å². The lowest BCUT2D eigenvalue weighted by Gasteiger charge is -2.27. The monoisotopic (exact) mass is 361 g/mol. The van der Waals surface area contributed by atoms with E-state index in [0.29, 0.717) is 0 Å². The Morgan fingerprint density at radius 2 is 1.77 bits per heavy atom. The van der Waals surface area contributed by atoms with E-state index in [9.17, 15) is 4.79 Å². The molecule has 0 atom stereocenters. The Balaban J connectivity index is 1.95. The fraction of sp³-hybridized carbons (Fsp3) is 0.353.